The summed E-state index contributed by atoms with van der Waals surface area (Å²) in [6, 6.07) is 9.83. The van der Waals surface area contributed by atoms with Crippen LogP contribution in [0, 0.1) is 6.92 Å². The summed E-state index contributed by atoms with van der Waals surface area (Å²) in [6.45, 7) is 6.07. The van der Waals surface area contributed by atoms with Crippen LogP contribution in [0.25, 0.3) is 10.8 Å². The highest BCUT2D eigenvalue weighted by Crippen LogP contribution is 2.34. The Morgan fingerprint density at radius 2 is 1.79 bits per heavy atom. The van der Waals surface area contributed by atoms with Crippen LogP contribution in [0.2, 0.25) is 0 Å². The SMILES string of the molecule is Cc1cc(N2CCNCC2)cc2cn(Cc3ccc(OC(F)(F)F)cc3)c(O)c12. The number of ether oxygens (including phenoxy) is 1. The molecule has 0 unspecified atom stereocenters. The van der Waals surface area contributed by atoms with Gasteiger partial charge in [0.2, 0.25) is 0 Å². The molecule has 0 amide bonds. The first-order valence-corrected chi connectivity index (χ1v) is 9.43. The van der Waals surface area contributed by atoms with E-state index in [1.807, 2.05) is 13.1 Å². The molecule has 5 nitrogen and oxygen atoms in total. The van der Waals surface area contributed by atoms with Gasteiger partial charge in [-0.05, 0) is 42.3 Å². The van der Waals surface area contributed by atoms with Gasteiger partial charge in [-0.15, -0.1) is 13.2 Å². The van der Waals surface area contributed by atoms with Crippen molar-refractivity contribution in [3.63, 3.8) is 0 Å². The van der Waals surface area contributed by atoms with Crippen LogP contribution in [-0.4, -0.2) is 42.2 Å². The van der Waals surface area contributed by atoms with Crippen molar-refractivity contribution in [2.24, 2.45) is 0 Å². The lowest BCUT2D eigenvalue weighted by molar-refractivity contribution is -0.274. The second kappa shape index (κ2) is 7.51. The first kappa shape index (κ1) is 19.4. The van der Waals surface area contributed by atoms with Crippen molar-refractivity contribution in [2.45, 2.75) is 19.8 Å². The molecule has 0 radical (unpaired) electrons. The molecule has 1 fully saturated rings. The largest absolute Gasteiger partial charge is 0.573 e. The van der Waals surface area contributed by atoms with E-state index >= 15 is 0 Å². The van der Waals surface area contributed by atoms with Gasteiger partial charge in [0, 0.05) is 48.8 Å². The van der Waals surface area contributed by atoms with Crippen molar-refractivity contribution >= 4 is 16.5 Å². The van der Waals surface area contributed by atoms with Crippen LogP contribution in [0.5, 0.6) is 11.6 Å². The first-order chi connectivity index (χ1) is 13.8. The van der Waals surface area contributed by atoms with Gasteiger partial charge in [-0.1, -0.05) is 12.1 Å². The number of fused-ring (bicyclic) bond motifs is 1. The predicted octanol–water partition coefficient (Wildman–Crippen LogP) is 4.01. The van der Waals surface area contributed by atoms with Crippen molar-refractivity contribution in [1.29, 1.82) is 0 Å². The summed E-state index contributed by atoms with van der Waals surface area (Å²) < 4.78 is 42.5. The fourth-order valence-corrected chi connectivity index (χ4v) is 3.79. The number of piperazine rings is 1. The molecule has 1 saturated heterocycles. The number of rotatable bonds is 4. The molecule has 2 N–H and O–H groups in total. The number of hydrogen-bond acceptors (Lipinski definition) is 4. The van der Waals surface area contributed by atoms with Gasteiger partial charge in [0.05, 0.1) is 6.54 Å². The molecule has 1 aromatic heterocycles. The smallest absolute Gasteiger partial charge is 0.494 e. The Morgan fingerprint density at radius 1 is 1.10 bits per heavy atom. The number of hydrogen-bond donors (Lipinski definition) is 2. The Bertz CT molecular complexity index is 1010. The van der Waals surface area contributed by atoms with E-state index < -0.39 is 6.36 Å². The lowest BCUT2D eigenvalue weighted by Gasteiger charge is -2.29. The van der Waals surface area contributed by atoms with E-state index in [0.717, 1.165) is 53.8 Å². The monoisotopic (exact) mass is 405 g/mol. The minimum atomic E-state index is -4.71. The first-order valence-electron chi connectivity index (χ1n) is 9.43. The topological polar surface area (TPSA) is 49.7 Å². The maximum absolute atomic E-state index is 12.3. The average Bonchev–Trinajstić information content (AvgIpc) is 2.99. The van der Waals surface area contributed by atoms with Gasteiger partial charge in [0.1, 0.15) is 5.75 Å². The van der Waals surface area contributed by atoms with Crippen LogP contribution in [0.4, 0.5) is 18.9 Å². The summed E-state index contributed by atoms with van der Waals surface area (Å²) in [5.74, 6) is -0.111. The Labute approximate surface area is 166 Å². The Kier molecular flexibility index (Phi) is 5.04. The third-order valence-corrected chi connectivity index (χ3v) is 5.13. The normalized spacial score (nSPS) is 15.1. The number of benzene rings is 2. The van der Waals surface area contributed by atoms with Crippen LogP contribution in [0.1, 0.15) is 11.1 Å². The molecule has 0 saturated carbocycles. The highest BCUT2D eigenvalue weighted by atomic mass is 19.4. The zero-order valence-corrected chi connectivity index (χ0v) is 16.0. The molecule has 0 aliphatic carbocycles. The lowest BCUT2D eigenvalue weighted by Crippen LogP contribution is -2.43. The molecular weight excluding hydrogens is 383 g/mol. The van der Waals surface area contributed by atoms with E-state index in [-0.39, 0.29) is 11.6 Å². The number of halogens is 3. The van der Waals surface area contributed by atoms with Crippen molar-refractivity contribution < 1.29 is 23.0 Å². The van der Waals surface area contributed by atoms with Crippen LogP contribution in [0.15, 0.2) is 42.6 Å². The van der Waals surface area contributed by atoms with Crippen molar-refractivity contribution in [2.75, 3.05) is 31.1 Å². The Hall–Kier alpha value is -2.87. The molecule has 2 aromatic carbocycles. The summed E-state index contributed by atoms with van der Waals surface area (Å²) in [5, 5.41) is 15.8. The second-order valence-electron chi connectivity index (χ2n) is 7.24. The second-order valence-corrected chi connectivity index (χ2v) is 7.24. The Balaban J connectivity index is 1.59. The maximum Gasteiger partial charge on any atom is 0.573 e. The fourth-order valence-electron chi connectivity index (χ4n) is 3.79. The number of aromatic nitrogens is 1. The molecule has 3 aromatic rings. The summed E-state index contributed by atoms with van der Waals surface area (Å²) in [5.41, 5.74) is 2.87. The third-order valence-electron chi connectivity index (χ3n) is 5.13. The van der Waals surface area contributed by atoms with Crippen molar-refractivity contribution in [3.05, 3.63) is 53.7 Å². The number of nitrogens with zero attached hydrogens (tertiary/aromatic N) is 2. The van der Waals surface area contributed by atoms with Gasteiger partial charge in [0.15, 0.2) is 5.88 Å². The average molecular weight is 405 g/mol. The maximum atomic E-state index is 12.3. The van der Waals surface area contributed by atoms with E-state index in [1.54, 1.807) is 16.7 Å². The molecule has 1 aliphatic heterocycles. The van der Waals surface area contributed by atoms with Crippen LogP contribution in [-0.2, 0) is 6.54 Å². The highest BCUT2D eigenvalue weighted by Gasteiger charge is 2.31. The van der Waals surface area contributed by atoms with Crippen molar-refractivity contribution in [3.8, 4) is 11.6 Å². The van der Waals surface area contributed by atoms with Crippen LogP contribution >= 0.6 is 0 Å². The van der Waals surface area contributed by atoms with Gasteiger partial charge >= 0.3 is 6.36 Å². The molecule has 8 heteroatoms. The van der Waals surface area contributed by atoms with E-state index in [0.29, 0.717) is 6.54 Å². The highest BCUT2D eigenvalue weighted by molar-refractivity contribution is 5.93. The molecule has 0 bridgehead atoms. The summed E-state index contributed by atoms with van der Waals surface area (Å²) in [6.07, 6.45) is -2.83. The zero-order chi connectivity index (χ0) is 20.6. The minimum absolute atomic E-state index is 0.153. The van der Waals surface area contributed by atoms with Crippen molar-refractivity contribution in [1.82, 2.24) is 9.88 Å². The number of aromatic hydroxyl groups is 1. The van der Waals surface area contributed by atoms with Gasteiger partial charge < -0.3 is 24.6 Å². The van der Waals surface area contributed by atoms with Crippen LogP contribution < -0.4 is 15.0 Å². The molecule has 4 rings (SSSR count). The van der Waals surface area contributed by atoms with E-state index in [1.165, 1.54) is 12.1 Å². The molecule has 1 aliphatic rings. The van der Waals surface area contributed by atoms with Gasteiger partial charge in [-0.2, -0.15) is 0 Å². The predicted molar refractivity (Wildman–Crippen MR) is 106 cm³/mol. The fraction of sp³-hybridized carbons (Fsp3) is 0.333. The van der Waals surface area contributed by atoms with Crippen LogP contribution in [0.3, 0.4) is 0 Å². The lowest BCUT2D eigenvalue weighted by atomic mass is 10.1. The third kappa shape index (κ3) is 4.27. The Morgan fingerprint density at radius 3 is 2.45 bits per heavy atom. The number of anilines is 1. The van der Waals surface area contributed by atoms with Gasteiger partial charge in [-0.3, -0.25) is 0 Å². The molecule has 0 spiro atoms. The molecule has 0 atom stereocenters. The number of alkyl halides is 3. The number of aryl methyl sites for hydroxylation is 1. The minimum Gasteiger partial charge on any atom is -0.494 e. The summed E-state index contributed by atoms with van der Waals surface area (Å²) in [7, 11) is 0. The van der Waals surface area contributed by atoms with E-state index in [4.69, 9.17) is 0 Å². The molecule has 154 valence electrons. The molecule has 29 heavy (non-hydrogen) atoms. The van der Waals surface area contributed by atoms with E-state index in [9.17, 15) is 18.3 Å². The van der Waals surface area contributed by atoms with Gasteiger partial charge in [-0.25, -0.2) is 0 Å². The van der Waals surface area contributed by atoms with E-state index in [2.05, 4.69) is 27.1 Å². The standard InChI is InChI=1S/C21H22F3N3O2/c1-14-10-17(26-8-6-25-7-9-26)11-16-13-27(20(28)19(14)16)12-15-2-4-18(5-3-15)29-21(22,23)24/h2-5,10-11,13,25,28H,6-9,12H2,1H3. The zero-order valence-electron chi connectivity index (χ0n) is 16.0. The quantitative estimate of drug-likeness (QED) is 0.689. The number of nitrogens with one attached hydrogen (secondary N) is 1. The summed E-state index contributed by atoms with van der Waals surface area (Å²) >= 11 is 0. The molecular formula is C21H22F3N3O2. The summed E-state index contributed by atoms with van der Waals surface area (Å²) in [4.78, 5) is 2.32. The molecule has 2 heterocycles. The van der Waals surface area contributed by atoms with Gasteiger partial charge in [0.25, 0.3) is 0 Å².